The van der Waals surface area contributed by atoms with Gasteiger partial charge in [-0.1, -0.05) is 66.7 Å². The van der Waals surface area contributed by atoms with Crippen molar-refractivity contribution in [2.45, 2.75) is 38.5 Å². The Labute approximate surface area is 177 Å². The molecule has 2 heterocycles. The standard InChI is InChI=1S/C25H26N2O3/c28-25(30-19-21-11-5-2-6-12-21)27-16-8-7-13-23(27)22-14-15-24(26-17-22)29-18-20-9-3-1-4-10-20/h1-6,9-12,14-15,17,23H,7-8,13,16,18-19H2. The second-order valence-corrected chi connectivity index (χ2v) is 7.45. The second kappa shape index (κ2) is 9.92. The number of aromatic nitrogens is 1. The van der Waals surface area contributed by atoms with Crippen LogP contribution in [0.5, 0.6) is 5.88 Å². The maximum absolute atomic E-state index is 12.7. The van der Waals surface area contributed by atoms with Gasteiger partial charge in [-0.2, -0.15) is 0 Å². The van der Waals surface area contributed by atoms with Crippen LogP contribution in [-0.2, 0) is 18.0 Å². The lowest BCUT2D eigenvalue weighted by atomic mass is 9.97. The van der Waals surface area contributed by atoms with Crippen LogP contribution in [0.15, 0.2) is 79.0 Å². The van der Waals surface area contributed by atoms with Crippen molar-refractivity contribution in [2.24, 2.45) is 0 Å². The average molecular weight is 402 g/mol. The van der Waals surface area contributed by atoms with Crippen LogP contribution in [0.1, 0.15) is 42.0 Å². The zero-order valence-electron chi connectivity index (χ0n) is 16.9. The first-order valence-corrected chi connectivity index (χ1v) is 10.4. The van der Waals surface area contributed by atoms with E-state index in [-0.39, 0.29) is 18.7 Å². The third kappa shape index (κ3) is 5.17. The van der Waals surface area contributed by atoms with Gasteiger partial charge in [0.05, 0.1) is 6.04 Å². The van der Waals surface area contributed by atoms with Gasteiger partial charge in [-0.3, -0.25) is 0 Å². The molecule has 1 fully saturated rings. The van der Waals surface area contributed by atoms with E-state index in [9.17, 15) is 4.79 Å². The average Bonchev–Trinajstić information content (AvgIpc) is 2.83. The minimum Gasteiger partial charge on any atom is -0.473 e. The third-order valence-electron chi connectivity index (χ3n) is 5.32. The largest absolute Gasteiger partial charge is 0.473 e. The molecule has 0 saturated carbocycles. The van der Waals surface area contributed by atoms with E-state index in [2.05, 4.69) is 4.98 Å². The van der Waals surface area contributed by atoms with E-state index in [1.807, 2.05) is 83.9 Å². The molecule has 1 saturated heterocycles. The van der Waals surface area contributed by atoms with Gasteiger partial charge in [-0.15, -0.1) is 0 Å². The molecule has 0 aliphatic carbocycles. The van der Waals surface area contributed by atoms with Crippen molar-refractivity contribution in [3.63, 3.8) is 0 Å². The van der Waals surface area contributed by atoms with Crippen molar-refractivity contribution in [3.8, 4) is 5.88 Å². The molecule has 5 heteroatoms. The molecule has 1 aromatic heterocycles. The summed E-state index contributed by atoms with van der Waals surface area (Å²) < 4.78 is 11.4. The van der Waals surface area contributed by atoms with Gasteiger partial charge in [0, 0.05) is 18.8 Å². The molecule has 5 nitrogen and oxygen atoms in total. The van der Waals surface area contributed by atoms with Gasteiger partial charge in [0.2, 0.25) is 5.88 Å². The zero-order chi connectivity index (χ0) is 20.6. The summed E-state index contributed by atoms with van der Waals surface area (Å²) in [5.74, 6) is 0.580. The summed E-state index contributed by atoms with van der Waals surface area (Å²) in [6.07, 6.45) is 4.52. The maximum atomic E-state index is 12.7. The lowest BCUT2D eigenvalue weighted by Gasteiger charge is -2.35. The fourth-order valence-corrected chi connectivity index (χ4v) is 3.70. The number of ether oxygens (including phenoxy) is 2. The van der Waals surface area contributed by atoms with Gasteiger partial charge in [-0.25, -0.2) is 9.78 Å². The molecule has 1 unspecified atom stereocenters. The first-order valence-electron chi connectivity index (χ1n) is 10.4. The molecule has 1 aliphatic rings. The molecule has 2 aromatic carbocycles. The van der Waals surface area contributed by atoms with E-state index in [0.717, 1.165) is 36.0 Å². The summed E-state index contributed by atoms with van der Waals surface area (Å²) in [7, 11) is 0. The quantitative estimate of drug-likeness (QED) is 0.544. The number of piperidine rings is 1. The maximum Gasteiger partial charge on any atom is 0.410 e. The first-order chi connectivity index (χ1) is 14.8. The third-order valence-corrected chi connectivity index (χ3v) is 5.32. The number of rotatable bonds is 6. The molecular weight excluding hydrogens is 376 g/mol. The van der Waals surface area contributed by atoms with Crippen LogP contribution in [0.2, 0.25) is 0 Å². The number of likely N-dealkylation sites (tertiary alicyclic amines) is 1. The summed E-state index contributed by atoms with van der Waals surface area (Å²) in [5.41, 5.74) is 3.10. The van der Waals surface area contributed by atoms with Crippen molar-refractivity contribution < 1.29 is 14.3 Å². The van der Waals surface area contributed by atoms with Crippen molar-refractivity contribution in [1.29, 1.82) is 0 Å². The number of hydrogen-bond donors (Lipinski definition) is 0. The Kier molecular flexibility index (Phi) is 6.60. The smallest absolute Gasteiger partial charge is 0.410 e. The van der Waals surface area contributed by atoms with Crippen LogP contribution >= 0.6 is 0 Å². The summed E-state index contributed by atoms with van der Waals surface area (Å²) >= 11 is 0. The number of pyridine rings is 1. The predicted octanol–water partition coefficient (Wildman–Crippen LogP) is 5.52. The van der Waals surface area contributed by atoms with Gasteiger partial charge in [0.1, 0.15) is 13.2 Å². The number of carbonyl (C=O) groups excluding carboxylic acids is 1. The minimum atomic E-state index is -0.270. The predicted molar refractivity (Wildman–Crippen MR) is 115 cm³/mol. The highest BCUT2D eigenvalue weighted by Gasteiger charge is 2.29. The Morgan fingerprint density at radius 1 is 0.900 bits per heavy atom. The molecule has 0 N–H and O–H groups in total. The Hall–Kier alpha value is -3.34. The van der Waals surface area contributed by atoms with Crippen LogP contribution < -0.4 is 4.74 Å². The number of nitrogens with zero attached hydrogens (tertiary/aromatic N) is 2. The summed E-state index contributed by atoms with van der Waals surface area (Å²) in [6, 6.07) is 23.6. The van der Waals surface area contributed by atoms with E-state index in [1.165, 1.54) is 0 Å². The van der Waals surface area contributed by atoms with Gasteiger partial charge in [0.25, 0.3) is 0 Å². The first kappa shape index (κ1) is 20.0. The van der Waals surface area contributed by atoms with Crippen molar-refractivity contribution in [3.05, 3.63) is 95.7 Å². The van der Waals surface area contributed by atoms with E-state index in [1.54, 1.807) is 0 Å². The topological polar surface area (TPSA) is 51.7 Å². The Morgan fingerprint density at radius 2 is 1.60 bits per heavy atom. The molecule has 1 amide bonds. The number of hydrogen-bond acceptors (Lipinski definition) is 4. The molecule has 1 aliphatic heterocycles. The fraction of sp³-hybridized carbons (Fsp3) is 0.280. The van der Waals surface area contributed by atoms with Gasteiger partial charge in [-0.05, 0) is 36.0 Å². The summed E-state index contributed by atoms with van der Waals surface area (Å²) in [5, 5.41) is 0. The van der Waals surface area contributed by atoms with Gasteiger partial charge in [0.15, 0.2) is 0 Å². The molecule has 30 heavy (non-hydrogen) atoms. The molecule has 0 bridgehead atoms. The van der Waals surface area contributed by atoms with Crippen molar-refractivity contribution >= 4 is 6.09 Å². The molecule has 4 rings (SSSR count). The highest BCUT2D eigenvalue weighted by molar-refractivity contribution is 5.68. The summed E-state index contributed by atoms with van der Waals surface area (Å²) in [4.78, 5) is 19.0. The molecule has 154 valence electrons. The number of amides is 1. The molecule has 1 atom stereocenters. The monoisotopic (exact) mass is 402 g/mol. The Morgan fingerprint density at radius 3 is 2.27 bits per heavy atom. The van der Waals surface area contributed by atoms with E-state index in [0.29, 0.717) is 19.0 Å². The van der Waals surface area contributed by atoms with Gasteiger partial charge >= 0.3 is 6.09 Å². The van der Waals surface area contributed by atoms with Crippen LogP contribution in [-0.4, -0.2) is 22.5 Å². The van der Waals surface area contributed by atoms with Crippen LogP contribution in [0, 0.1) is 0 Å². The highest BCUT2D eigenvalue weighted by Crippen LogP contribution is 2.31. The van der Waals surface area contributed by atoms with Crippen molar-refractivity contribution in [1.82, 2.24) is 9.88 Å². The molecule has 3 aromatic rings. The number of benzene rings is 2. The molecular formula is C25H26N2O3. The molecule has 0 radical (unpaired) electrons. The van der Waals surface area contributed by atoms with E-state index in [4.69, 9.17) is 9.47 Å². The normalized spacial score (nSPS) is 16.1. The van der Waals surface area contributed by atoms with Crippen LogP contribution in [0.3, 0.4) is 0 Å². The second-order valence-electron chi connectivity index (χ2n) is 7.45. The number of carbonyl (C=O) groups is 1. The Bertz CT molecular complexity index is 930. The summed E-state index contributed by atoms with van der Waals surface area (Å²) in [6.45, 7) is 1.46. The van der Waals surface area contributed by atoms with Crippen LogP contribution in [0.25, 0.3) is 0 Å². The fourth-order valence-electron chi connectivity index (χ4n) is 3.70. The highest BCUT2D eigenvalue weighted by atomic mass is 16.6. The van der Waals surface area contributed by atoms with E-state index >= 15 is 0 Å². The SMILES string of the molecule is O=C(OCc1ccccc1)N1CCCCC1c1ccc(OCc2ccccc2)nc1. The molecule has 0 spiro atoms. The lowest BCUT2D eigenvalue weighted by molar-refractivity contribution is 0.0678. The van der Waals surface area contributed by atoms with Gasteiger partial charge < -0.3 is 14.4 Å². The van der Waals surface area contributed by atoms with E-state index < -0.39 is 0 Å². The minimum absolute atomic E-state index is 0.0160. The zero-order valence-corrected chi connectivity index (χ0v) is 16.9. The van der Waals surface area contributed by atoms with Crippen LogP contribution in [0.4, 0.5) is 4.79 Å². The van der Waals surface area contributed by atoms with Crippen molar-refractivity contribution in [2.75, 3.05) is 6.54 Å². The lowest BCUT2D eigenvalue weighted by Crippen LogP contribution is -2.38. The Balaban J connectivity index is 1.37.